The molecular weight excluding hydrogens is 292 g/mol. The van der Waals surface area contributed by atoms with Gasteiger partial charge in [-0.15, -0.1) is 0 Å². The first-order valence-electron chi connectivity index (χ1n) is 7.42. The van der Waals surface area contributed by atoms with E-state index >= 15 is 0 Å². The van der Waals surface area contributed by atoms with Crippen molar-refractivity contribution in [3.05, 3.63) is 35.7 Å². The number of hydrogen-bond acceptors (Lipinski definition) is 6. The lowest BCUT2D eigenvalue weighted by atomic mass is 10.1. The van der Waals surface area contributed by atoms with Crippen molar-refractivity contribution in [1.29, 1.82) is 0 Å². The van der Waals surface area contributed by atoms with Gasteiger partial charge >= 0.3 is 0 Å². The number of primary amides is 1. The smallest absolute Gasteiger partial charge is 0.232 e. The number of hydrogen-bond donors (Lipinski definition) is 2. The van der Waals surface area contributed by atoms with Crippen molar-refractivity contribution >= 4 is 23.5 Å². The summed E-state index contributed by atoms with van der Waals surface area (Å²) < 4.78 is 0. The lowest BCUT2D eigenvalue weighted by Gasteiger charge is -2.15. The molecule has 0 aliphatic carbocycles. The first-order chi connectivity index (χ1) is 10.8. The molecule has 0 saturated carbocycles. The zero-order chi connectivity index (χ0) is 17.0. The number of rotatable bonds is 6. The average Bonchev–Trinajstić information content (AvgIpc) is 2.48. The standard InChI is InChI=1S/C16H22N6O/c1-10(2)14-19-15(21-16(20-14)22(3)4)18-12-7-5-11(6-8-12)9-13(17)23/h5-8,10H,9H2,1-4H3,(H2,17,23)(H,18,19,20,21). The van der Waals surface area contributed by atoms with Gasteiger partial charge in [-0.2, -0.15) is 15.0 Å². The largest absolute Gasteiger partial charge is 0.369 e. The Morgan fingerprint density at radius 3 is 2.35 bits per heavy atom. The van der Waals surface area contributed by atoms with Crippen molar-refractivity contribution in [2.75, 3.05) is 24.3 Å². The fourth-order valence-electron chi connectivity index (χ4n) is 1.93. The van der Waals surface area contributed by atoms with E-state index in [-0.39, 0.29) is 18.2 Å². The molecule has 7 nitrogen and oxygen atoms in total. The number of carbonyl (C=O) groups excluding carboxylic acids is 1. The summed E-state index contributed by atoms with van der Waals surface area (Å²) in [5.74, 6) is 1.69. The lowest BCUT2D eigenvalue weighted by Crippen LogP contribution is -2.16. The van der Waals surface area contributed by atoms with Gasteiger partial charge in [0.05, 0.1) is 6.42 Å². The third-order valence-electron chi connectivity index (χ3n) is 3.15. The van der Waals surface area contributed by atoms with E-state index in [9.17, 15) is 4.79 Å². The van der Waals surface area contributed by atoms with E-state index in [4.69, 9.17) is 5.73 Å². The summed E-state index contributed by atoms with van der Waals surface area (Å²) in [5, 5.41) is 3.17. The second kappa shape index (κ2) is 7.04. The van der Waals surface area contributed by atoms with Crippen LogP contribution in [0.4, 0.5) is 17.6 Å². The highest BCUT2D eigenvalue weighted by Crippen LogP contribution is 2.19. The third kappa shape index (κ3) is 4.64. The fourth-order valence-corrected chi connectivity index (χ4v) is 1.93. The van der Waals surface area contributed by atoms with Gasteiger partial charge in [0.25, 0.3) is 0 Å². The number of aromatic nitrogens is 3. The van der Waals surface area contributed by atoms with Crippen LogP contribution in [0.2, 0.25) is 0 Å². The Balaban J connectivity index is 2.23. The number of amides is 1. The summed E-state index contributed by atoms with van der Waals surface area (Å²) in [6.45, 7) is 4.08. The lowest BCUT2D eigenvalue weighted by molar-refractivity contribution is -0.117. The van der Waals surface area contributed by atoms with Crippen LogP contribution >= 0.6 is 0 Å². The fraction of sp³-hybridized carbons (Fsp3) is 0.375. The second-order valence-corrected chi connectivity index (χ2v) is 5.83. The summed E-state index contributed by atoms with van der Waals surface area (Å²) in [5.41, 5.74) is 6.90. The van der Waals surface area contributed by atoms with Gasteiger partial charge in [0.2, 0.25) is 17.8 Å². The van der Waals surface area contributed by atoms with Crippen LogP contribution in [0.1, 0.15) is 31.2 Å². The molecule has 0 saturated heterocycles. The van der Waals surface area contributed by atoms with E-state index in [0.29, 0.717) is 11.9 Å². The number of nitrogens with one attached hydrogen (secondary N) is 1. The summed E-state index contributed by atoms with van der Waals surface area (Å²) in [6.07, 6.45) is 0.230. The Morgan fingerprint density at radius 1 is 1.17 bits per heavy atom. The van der Waals surface area contributed by atoms with Gasteiger partial charge in [-0.25, -0.2) is 0 Å². The quantitative estimate of drug-likeness (QED) is 0.844. The van der Waals surface area contributed by atoms with Crippen LogP contribution in [-0.4, -0.2) is 35.0 Å². The van der Waals surface area contributed by atoms with Gasteiger partial charge in [-0.1, -0.05) is 26.0 Å². The summed E-state index contributed by atoms with van der Waals surface area (Å²) >= 11 is 0. The number of benzene rings is 1. The summed E-state index contributed by atoms with van der Waals surface area (Å²) in [7, 11) is 3.78. The minimum Gasteiger partial charge on any atom is -0.369 e. The Labute approximate surface area is 136 Å². The number of nitrogens with zero attached hydrogens (tertiary/aromatic N) is 4. The van der Waals surface area contributed by atoms with Crippen molar-refractivity contribution < 1.29 is 4.79 Å². The normalized spacial score (nSPS) is 10.7. The highest BCUT2D eigenvalue weighted by molar-refractivity contribution is 5.76. The highest BCUT2D eigenvalue weighted by Gasteiger charge is 2.11. The Hall–Kier alpha value is -2.70. The molecule has 1 heterocycles. The molecule has 7 heteroatoms. The molecule has 0 aliphatic heterocycles. The van der Waals surface area contributed by atoms with Crippen molar-refractivity contribution in [1.82, 2.24) is 15.0 Å². The topological polar surface area (TPSA) is 97.0 Å². The van der Waals surface area contributed by atoms with E-state index in [2.05, 4.69) is 20.3 Å². The molecule has 0 spiro atoms. The van der Waals surface area contributed by atoms with E-state index in [1.807, 2.05) is 57.1 Å². The van der Waals surface area contributed by atoms with E-state index in [0.717, 1.165) is 17.1 Å². The molecule has 0 bridgehead atoms. The molecule has 23 heavy (non-hydrogen) atoms. The maximum atomic E-state index is 10.9. The molecule has 0 unspecified atom stereocenters. The molecule has 0 radical (unpaired) electrons. The molecule has 0 aliphatic rings. The van der Waals surface area contributed by atoms with E-state index in [1.165, 1.54) is 0 Å². The Bertz CT molecular complexity index is 655. The predicted molar refractivity (Wildman–Crippen MR) is 90.9 cm³/mol. The highest BCUT2D eigenvalue weighted by atomic mass is 16.1. The maximum absolute atomic E-state index is 10.9. The molecule has 3 N–H and O–H groups in total. The molecule has 1 aromatic carbocycles. The molecule has 2 aromatic rings. The monoisotopic (exact) mass is 314 g/mol. The predicted octanol–water partition coefficient (Wildman–Crippen LogP) is 1.83. The molecule has 0 fully saturated rings. The number of anilines is 3. The van der Waals surface area contributed by atoms with Crippen LogP contribution in [0, 0.1) is 0 Å². The summed E-state index contributed by atoms with van der Waals surface area (Å²) in [4.78, 5) is 26.0. The zero-order valence-electron chi connectivity index (χ0n) is 13.9. The molecule has 1 aromatic heterocycles. The minimum atomic E-state index is -0.347. The Morgan fingerprint density at radius 2 is 1.83 bits per heavy atom. The zero-order valence-corrected chi connectivity index (χ0v) is 13.9. The number of nitrogens with two attached hydrogens (primary N) is 1. The Kier molecular flexibility index (Phi) is 5.10. The van der Waals surface area contributed by atoms with Gasteiger partial charge < -0.3 is 16.0 Å². The molecular formula is C16H22N6O. The molecule has 0 atom stereocenters. The average molecular weight is 314 g/mol. The van der Waals surface area contributed by atoms with Gasteiger partial charge in [0, 0.05) is 25.7 Å². The van der Waals surface area contributed by atoms with Crippen molar-refractivity contribution in [3.63, 3.8) is 0 Å². The van der Waals surface area contributed by atoms with Crippen LogP contribution < -0.4 is 16.0 Å². The minimum absolute atomic E-state index is 0.204. The first kappa shape index (κ1) is 16.7. The van der Waals surface area contributed by atoms with E-state index < -0.39 is 0 Å². The second-order valence-electron chi connectivity index (χ2n) is 5.83. The molecule has 2 rings (SSSR count). The van der Waals surface area contributed by atoms with Gasteiger partial charge in [0.1, 0.15) is 5.82 Å². The van der Waals surface area contributed by atoms with Gasteiger partial charge in [-0.05, 0) is 17.7 Å². The van der Waals surface area contributed by atoms with E-state index in [1.54, 1.807) is 0 Å². The number of carbonyl (C=O) groups is 1. The maximum Gasteiger partial charge on any atom is 0.232 e. The molecule has 122 valence electrons. The first-order valence-corrected chi connectivity index (χ1v) is 7.42. The van der Waals surface area contributed by atoms with Crippen LogP contribution in [0.15, 0.2) is 24.3 Å². The van der Waals surface area contributed by atoms with Crippen LogP contribution in [0.25, 0.3) is 0 Å². The van der Waals surface area contributed by atoms with Gasteiger partial charge in [0.15, 0.2) is 0 Å². The SMILES string of the molecule is CC(C)c1nc(Nc2ccc(CC(N)=O)cc2)nc(N(C)C)n1. The van der Waals surface area contributed by atoms with Crippen molar-refractivity contribution in [3.8, 4) is 0 Å². The van der Waals surface area contributed by atoms with Gasteiger partial charge in [-0.3, -0.25) is 4.79 Å². The third-order valence-corrected chi connectivity index (χ3v) is 3.15. The summed E-state index contributed by atoms with van der Waals surface area (Å²) in [6, 6.07) is 7.44. The van der Waals surface area contributed by atoms with Crippen LogP contribution in [0.5, 0.6) is 0 Å². The van der Waals surface area contributed by atoms with Crippen molar-refractivity contribution in [2.24, 2.45) is 5.73 Å². The van der Waals surface area contributed by atoms with Crippen molar-refractivity contribution in [2.45, 2.75) is 26.2 Å². The van der Waals surface area contributed by atoms with Crippen LogP contribution in [0.3, 0.4) is 0 Å². The molecule has 1 amide bonds. The van der Waals surface area contributed by atoms with Crippen LogP contribution in [-0.2, 0) is 11.2 Å².